The Labute approximate surface area is 188 Å². The quantitative estimate of drug-likeness (QED) is 0.569. The van der Waals surface area contributed by atoms with Crippen LogP contribution in [0.2, 0.25) is 0 Å². The maximum Gasteiger partial charge on any atom is 0.215 e. The molecule has 0 spiro atoms. The molecule has 0 bridgehead atoms. The van der Waals surface area contributed by atoms with Crippen molar-refractivity contribution >= 4 is 17.4 Å². The predicted octanol–water partition coefficient (Wildman–Crippen LogP) is 4.52. The van der Waals surface area contributed by atoms with E-state index in [1.54, 1.807) is 18.3 Å². The van der Waals surface area contributed by atoms with Crippen molar-refractivity contribution in [2.75, 3.05) is 30.3 Å². The number of hydrogen-bond donors (Lipinski definition) is 2. The van der Waals surface area contributed by atoms with E-state index in [-0.39, 0.29) is 15.9 Å². The lowest BCUT2D eigenvalue weighted by Crippen LogP contribution is -2.51. The van der Waals surface area contributed by atoms with Crippen LogP contribution in [0.3, 0.4) is 0 Å². The van der Waals surface area contributed by atoms with E-state index in [0.717, 1.165) is 43.0 Å². The minimum atomic E-state index is -0.208. The molecule has 6 nitrogen and oxygen atoms in total. The molecular weight excluding hydrogens is 386 g/mol. The van der Waals surface area contributed by atoms with Gasteiger partial charge in [0.05, 0.1) is 5.56 Å². The Hall–Kier alpha value is -3.25. The number of nitrogen functional groups attached to an aromatic ring is 1. The predicted molar refractivity (Wildman–Crippen MR) is 132 cm³/mol. The van der Waals surface area contributed by atoms with Gasteiger partial charge in [-0.05, 0) is 42.2 Å². The minimum Gasteiger partial charge on any atom is -0.383 e. The summed E-state index contributed by atoms with van der Waals surface area (Å²) in [6.45, 7) is 7.11. The summed E-state index contributed by atoms with van der Waals surface area (Å²) < 4.78 is 0. The number of carbonyl (C=O) groups excluding carboxylic acids is 1. The molecule has 0 amide bonds. The van der Waals surface area contributed by atoms with Crippen molar-refractivity contribution in [3.8, 4) is 11.1 Å². The molecule has 1 aliphatic heterocycles. The Kier molecular flexibility index (Phi) is 6.28. The highest BCUT2D eigenvalue weighted by Crippen LogP contribution is 2.28. The fourth-order valence-corrected chi connectivity index (χ4v) is 4.15. The first kappa shape index (κ1) is 21.0. The number of pyridine rings is 2. The van der Waals surface area contributed by atoms with Crippen molar-refractivity contribution in [2.24, 2.45) is 5.92 Å². The average Bonchev–Trinajstić information content (AvgIpc) is 2.79. The second kappa shape index (κ2) is 9.27. The van der Waals surface area contributed by atoms with Crippen LogP contribution < -0.4 is 16.0 Å². The van der Waals surface area contributed by atoms with Gasteiger partial charge in [0.2, 0.25) is 5.78 Å². The van der Waals surface area contributed by atoms with E-state index >= 15 is 0 Å². The first-order chi connectivity index (χ1) is 15.0. The first-order valence-corrected chi connectivity index (χ1v) is 10.8. The van der Waals surface area contributed by atoms with E-state index in [9.17, 15) is 4.79 Å². The van der Waals surface area contributed by atoms with Crippen molar-refractivity contribution in [3.63, 3.8) is 0 Å². The highest BCUT2D eigenvalue weighted by Gasteiger charge is 2.24. The molecule has 0 unspecified atom stereocenters. The Morgan fingerprint density at radius 3 is 2.74 bits per heavy atom. The maximum atomic E-state index is 13.5. The van der Waals surface area contributed by atoms with Gasteiger partial charge in [-0.2, -0.15) is 0 Å². The molecule has 3 N–H and O–H groups in total. The molecule has 2 aromatic heterocycles. The number of nitrogens with zero attached hydrogens (tertiary/aromatic N) is 3. The normalized spacial score (nSPS) is 16.5. The summed E-state index contributed by atoms with van der Waals surface area (Å²) in [6, 6.07) is 17.7. The molecule has 1 aromatic carbocycles. The zero-order valence-electron chi connectivity index (χ0n) is 18.1. The fourth-order valence-electron chi connectivity index (χ4n) is 4.15. The first-order valence-electron chi connectivity index (χ1n) is 10.8. The molecule has 1 atom stereocenters. The Morgan fingerprint density at radius 2 is 2.00 bits per heavy atom. The number of benzene rings is 1. The van der Waals surface area contributed by atoms with E-state index in [1.165, 1.54) is 0 Å². The van der Waals surface area contributed by atoms with Crippen LogP contribution in [-0.2, 0) is 0 Å². The van der Waals surface area contributed by atoms with E-state index < -0.39 is 0 Å². The van der Waals surface area contributed by atoms with E-state index in [0.29, 0.717) is 23.2 Å². The fraction of sp³-hybridized carbons (Fsp3) is 0.320. The number of ketones is 1. The topological polar surface area (TPSA) is 84.1 Å². The molecule has 0 aliphatic carbocycles. The lowest BCUT2D eigenvalue weighted by Gasteiger charge is -2.35. The van der Waals surface area contributed by atoms with Gasteiger partial charge in [-0.25, -0.2) is 9.97 Å². The zero-order valence-corrected chi connectivity index (χ0v) is 18.1. The van der Waals surface area contributed by atoms with Gasteiger partial charge in [-0.1, -0.05) is 44.2 Å². The van der Waals surface area contributed by atoms with Crippen LogP contribution >= 0.6 is 0 Å². The van der Waals surface area contributed by atoms with Crippen molar-refractivity contribution in [1.82, 2.24) is 15.3 Å². The molecule has 31 heavy (non-hydrogen) atoms. The summed E-state index contributed by atoms with van der Waals surface area (Å²) in [5, 5.41) is 3.60. The summed E-state index contributed by atoms with van der Waals surface area (Å²) in [7, 11) is 0. The van der Waals surface area contributed by atoms with Gasteiger partial charge in [0, 0.05) is 41.7 Å². The van der Waals surface area contributed by atoms with Gasteiger partial charge in [-0.3, -0.25) is 4.79 Å². The van der Waals surface area contributed by atoms with Gasteiger partial charge in [-0.15, -0.1) is 0 Å². The molecule has 3 aromatic rings. The number of nitrogens with two attached hydrogens (primary N) is 1. The van der Waals surface area contributed by atoms with Gasteiger partial charge in [0.25, 0.3) is 0 Å². The smallest absolute Gasteiger partial charge is 0.215 e. The molecule has 1 fully saturated rings. The van der Waals surface area contributed by atoms with Crippen LogP contribution in [0.15, 0.2) is 60.8 Å². The summed E-state index contributed by atoms with van der Waals surface area (Å²) in [5.41, 5.74) is 8.54. The molecule has 6 heteroatoms. The molecule has 4 rings (SSSR count). The third-order valence-electron chi connectivity index (χ3n) is 5.60. The standard InChI is InChI=1S/C25H29N5O.3H2/c1-17(2)15-19-16-30(14-13-27-19)22-11-10-20(18-7-4-3-5-8-18)23(29-22)24(31)21-9-6-12-28-25(21)26;;;/h3-12,17,19,27H,13-16H2,1-2H3,(H2,26,28);3*1H/t19-;;;/m0.../s1. The number of hydrogen-bond acceptors (Lipinski definition) is 6. The van der Waals surface area contributed by atoms with Crippen LogP contribution in [0.25, 0.3) is 11.1 Å². The van der Waals surface area contributed by atoms with Crippen molar-refractivity contribution in [2.45, 2.75) is 26.3 Å². The van der Waals surface area contributed by atoms with Crippen LogP contribution in [0.4, 0.5) is 11.6 Å². The zero-order chi connectivity index (χ0) is 21.8. The summed E-state index contributed by atoms with van der Waals surface area (Å²) in [5.74, 6) is 1.45. The summed E-state index contributed by atoms with van der Waals surface area (Å²) in [6.07, 6.45) is 2.69. The number of nitrogens with one attached hydrogen (secondary N) is 1. The van der Waals surface area contributed by atoms with Crippen molar-refractivity contribution in [3.05, 3.63) is 72.1 Å². The molecule has 0 radical (unpaired) electrons. The highest BCUT2D eigenvalue weighted by molar-refractivity contribution is 6.14. The lowest BCUT2D eigenvalue weighted by atomic mass is 9.98. The largest absolute Gasteiger partial charge is 0.383 e. The van der Waals surface area contributed by atoms with Crippen molar-refractivity contribution < 1.29 is 9.07 Å². The summed E-state index contributed by atoms with van der Waals surface area (Å²) >= 11 is 0. The lowest BCUT2D eigenvalue weighted by molar-refractivity contribution is 0.103. The van der Waals surface area contributed by atoms with Crippen LogP contribution in [0.1, 0.15) is 40.6 Å². The number of piperazine rings is 1. The average molecular weight is 422 g/mol. The molecule has 0 saturated carbocycles. The monoisotopic (exact) mass is 421 g/mol. The molecule has 3 heterocycles. The van der Waals surface area contributed by atoms with Crippen LogP contribution in [0.5, 0.6) is 0 Å². The Bertz CT molecular complexity index is 1070. The molecular formula is C25H35N5O. The number of carbonyl (C=O) groups is 1. The molecule has 166 valence electrons. The van der Waals surface area contributed by atoms with E-state index in [1.807, 2.05) is 42.5 Å². The number of anilines is 2. The van der Waals surface area contributed by atoms with Gasteiger partial charge >= 0.3 is 0 Å². The van der Waals surface area contributed by atoms with Crippen LogP contribution in [0, 0.1) is 5.92 Å². The highest BCUT2D eigenvalue weighted by atomic mass is 16.1. The molecule has 1 saturated heterocycles. The third kappa shape index (κ3) is 4.75. The SMILES string of the molecule is CC(C)C[C@H]1CN(c2ccc(-c3ccccc3)c(C(=O)c3cccnc3N)n2)CCN1.[HH].[HH].[HH]. The number of rotatable bonds is 6. The van der Waals surface area contributed by atoms with Gasteiger partial charge in [0.15, 0.2) is 0 Å². The third-order valence-corrected chi connectivity index (χ3v) is 5.60. The van der Waals surface area contributed by atoms with Gasteiger partial charge < -0.3 is 16.0 Å². The number of aromatic nitrogens is 2. The van der Waals surface area contributed by atoms with Crippen LogP contribution in [-0.4, -0.2) is 41.4 Å². The Balaban J connectivity index is 0.00000193. The Morgan fingerprint density at radius 1 is 1.19 bits per heavy atom. The minimum absolute atomic E-state index is 0. The van der Waals surface area contributed by atoms with Crippen molar-refractivity contribution in [1.29, 1.82) is 0 Å². The van der Waals surface area contributed by atoms with E-state index in [2.05, 4.69) is 29.0 Å². The molecule has 1 aliphatic rings. The maximum absolute atomic E-state index is 13.5. The summed E-state index contributed by atoms with van der Waals surface area (Å²) in [4.78, 5) is 24.7. The van der Waals surface area contributed by atoms with E-state index in [4.69, 9.17) is 10.7 Å². The van der Waals surface area contributed by atoms with Gasteiger partial charge in [0.1, 0.15) is 17.3 Å². The second-order valence-corrected chi connectivity index (χ2v) is 8.42. The second-order valence-electron chi connectivity index (χ2n) is 8.42.